The fourth-order valence-electron chi connectivity index (χ4n) is 1.59. The van der Waals surface area contributed by atoms with Crippen LogP contribution >= 0.6 is 11.8 Å². The Morgan fingerprint density at radius 1 is 1.26 bits per heavy atom. The lowest BCUT2D eigenvalue weighted by Gasteiger charge is -2.07. The Labute approximate surface area is 137 Å². The van der Waals surface area contributed by atoms with Gasteiger partial charge in [0.25, 0.3) is 5.22 Å². The number of nitrogens with zero attached hydrogens (tertiary/aromatic N) is 2. The lowest BCUT2D eigenvalue weighted by Crippen LogP contribution is -2.41. The summed E-state index contributed by atoms with van der Waals surface area (Å²) in [6.07, 6.45) is 0. The first-order valence-corrected chi connectivity index (χ1v) is 7.58. The largest absolute Gasteiger partial charge is 0.497 e. The van der Waals surface area contributed by atoms with Crippen molar-refractivity contribution in [1.82, 2.24) is 20.8 Å². The number of hydrogen-bond acceptors (Lipinski definition) is 7. The van der Waals surface area contributed by atoms with Crippen molar-refractivity contribution in [1.29, 1.82) is 0 Å². The Morgan fingerprint density at radius 3 is 2.57 bits per heavy atom. The molecular weight excluding hydrogens is 320 g/mol. The van der Waals surface area contributed by atoms with Gasteiger partial charge in [-0.25, -0.2) is 4.79 Å². The Balaban J connectivity index is 2.01. The number of carbonyl (C=O) groups excluding carboxylic acids is 2. The number of thioether (sulfide) groups is 1. The molecule has 2 rings (SSSR count). The molecule has 9 heteroatoms. The van der Waals surface area contributed by atoms with Crippen LogP contribution in [0.3, 0.4) is 0 Å². The van der Waals surface area contributed by atoms with Gasteiger partial charge in [0, 0.05) is 12.6 Å². The number of amides is 3. The van der Waals surface area contributed by atoms with Gasteiger partial charge >= 0.3 is 6.03 Å². The molecule has 1 aromatic carbocycles. The Bertz CT molecular complexity index is 686. The van der Waals surface area contributed by atoms with Crippen molar-refractivity contribution in [3.05, 3.63) is 24.3 Å². The molecule has 8 nitrogen and oxygen atoms in total. The van der Waals surface area contributed by atoms with Crippen LogP contribution in [0.1, 0.15) is 6.92 Å². The van der Waals surface area contributed by atoms with Gasteiger partial charge in [-0.2, -0.15) is 0 Å². The maximum Gasteiger partial charge on any atom is 0.321 e. The van der Waals surface area contributed by atoms with E-state index in [2.05, 4.69) is 20.8 Å². The van der Waals surface area contributed by atoms with Crippen LogP contribution in [0.2, 0.25) is 0 Å². The molecule has 0 aliphatic rings. The van der Waals surface area contributed by atoms with Gasteiger partial charge in [-0.3, -0.25) is 10.1 Å². The van der Waals surface area contributed by atoms with E-state index in [1.54, 1.807) is 38.3 Å². The standard InChI is InChI=1S/C14H16N4O4S/c1-8(11(19)16-13(20)15-2)23-14-18-17-12(22-14)9-4-6-10(21-3)7-5-9/h4-8H,1-3H3,(H2,15,16,19,20)/t8-/m1/s1. The van der Waals surface area contributed by atoms with Crippen molar-refractivity contribution < 1.29 is 18.7 Å². The van der Waals surface area contributed by atoms with Crippen LogP contribution in [0.4, 0.5) is 4.79 Å². The zero-order valence-electron chi connectivity index (χ0n) is 12.8. The summed E-state index contributed by atoms with van der Waals surface area (Å²) >= 11 is 1.07. The third-order valence-electron chi connectivity index (χ3n) is 2.85. The van der Waals surface area contributed by atoms with Gasteiger partial charge in [-0.05, 0) is 31.2 Å². The minimum atomic E-state index is -0.563. The second-order valence-electron chi connectivity index (χ2n) is 4.43. The van der Waals surface area contributed by atoms with E-state index in [0.717, 1.165) is 23.1 Å². The van der Waals surface area contributed by atoms with Gasteiger partial charge in [0.1, 0.15) is 5.75 Å². The molecule has 0 radical (unpaired) electrons. The molecule has 1 heterocycles. The summed E-state index contributed by atoms with van der Waals surface area (Å²) in [5.74, 6) is 0.620. The fraction of sp³-hybridized carbons (Fsp3) is 0.286. The van der Waals surface area contributed by atoms with E-state index in [1.807, 2.05) is 0 Å². The molecule has 0 spiro atoms. The van der Waals surface area contributed by atoms with Crippen molar-refractivity contribution in [2.75, 3.05) is 14.2 Å². The van der Waals surface area contributed by atoms with Crippen molar-refractivity contribution in [3.63, 3.8) is 0 Å². The molecule has 0 unspecified atom stereocenters. The highest BCUT2D eigenvalue weighted by atomic mass is 32.2. The van der Waals surface area contributed by atoms with Crippen LogP contribution < -0.4 is 15.4 Å². The average molecular weight is 336 g/mol. The normalized spacial score (nSPS) is 11.6. The molecule has 3 amide bonds. The van der Waals surface area contributed by atoms with Gasteiger partial charge in [0.2, 0.25) is 11.8 Å². The molecule has 0 bridgehead atoms. The fourth-order valence-corrected chi connectivity index (χ4v) is 2.27. The van der Waals surface area contributed by atoms with Crippen LogP contribution in [-0.4, -0.2) is 41.5 Å². The lowest BCUT2D eigenvalue weighted by atomic mass is 10.2. The number of methoxy groups -OCH3 is 1. The van der Waals surface area contributed by atoms with Crippen molar-refractivity contribution in [2.45, 2.75) is 17.4 Å². The second kappa shape index (κ2) is 7.63. The molecule has 0 aliphatic heterocycles. The highest BCUT2D eigenvalue weighted by Crippen LogP contribution is 2.27. The Kier molecular flexibility index (Phi) is 5.58. The molecule has 1 atom stereocenters. The zero-order valence-corrected chi connectivity index (χ0v) is 13.6. The Hall–Kier alpha value is -2.55. The first-order valence-electron chi connectivity index (χ1n) is 6.70. The summed E-state index contributed by atoms with van der Waals surface area (Å²) in [4.78, 5) is 22.9. The monoisotopic (exact) mass is 336 g/mol. The predicted molar refractivity (Wildman–Crippen MR) is 84.2 cm³/mol. The van der Waals surface area contributed by atoms with E-state index in [9.17, 15) is 9.59 Å². The topological polar surface area (TPSA) is 106 Å². The third kappa shape index (κ3) is 4.46. The van der Waals surface area contributed by atoms with Gasteiger partial charge in [0.15, 0.2) is 0 Å². The molecule has 0 saturated heterocycles. The number of ether oxygens (including phenoxy) is 1. The molecule has 0 fully saturated rings. The second-order valence-corrected chi connectivity index (χ2v) is 5.72. The number of imide groups is 1. The third-order valence-corrected chi connectivity index (χ3v) is 3.79. The minimum absolute atomic E-state index is 0.246. The number of nitrogens with one attached hydrogen (secondary N) is 2. The average Bonchev–Trinajstić information content (AvgIpc) is 3.03. The smallest absolute Gasteiger partial charge is 0.321 e. The number of carbonyl (C=O) groups is 2. The van der Waals surface area contributed by atoms with Crippen LogP contribution in [0.15, 0.2) is 33.9 Å². The van der Waals surface area contributed by atoms with Crippen molar-refractivity contribution in [3.8, 4) is 17.2 Å². The van der Waals surface area contributed by atoms with Crippen LogP contribution in [0.25, 0.3) is 11.5 Å². The number of rotatable bonds is 5. The Morgan fingerprint density at radius 2 is 1.96 bits per heavy atom. The maximum absolute atomic E-state index is 11.8. The minimum Gasteiger partial charge on any atom is -0.497 e. The molecular formula is C14H16N4O4S. The van der Waals surface area contributed by atoms with Gasteiger partial charge < -0.3 is 14.5 Å². The van der Waals surface area contributed by atoms with E-state index >= 15 is 0 Å². The predicted octanol–water partition coefficient (Wildman–Crippen LogP) is 1.68. The van der Waals surface area contributed by atoms with Crippen LogP contribution in [0, 0.1) is 0 Å². The molecule has 2 aromatic rings. The number of urea groups is 1. The molecule has 1 aromatic heterocycles. The maximum atomic E-state index is 11.8. The van der Waals surface area contributed by atoms with Gasteiger partial charge in [-0.15, -0.1) is 10.2 Å². The summed E-state index contributed by atoms with van der Waals surface area (Å²) < 4.78 is 10.6. The first kappa shape index (κ1) is 16.8. The lowest BCUT2D eigenvalue weighted by molar-refractivity contribution is -0.119. The van der Waals surface area contributed by atoms with E-state index in [-0.39, 0.29) is 5.22 Å². The molecule has 2 N–H and O–H groups in total. The summed E-state index contributed by atoms with van der Waals surface area (Å²) in [7, 11) is 3.02. The summed E-state index contributed by atoms with van der Waals surface area (Å²) in [5.41, 5.74) is 0.743. The summed E-state index contributed by atoms with van der Waals surface area (Å²) in [6, 6.07) is 6.59. The molecule has 0 saturated carbocycles. The number of aromatic nitrogens is 2. The molecule has 122 valence electrons. The van der Waals surface area contributed by atoms with Crippen molar-refractivity contribution >= 4 is 23.7 Å². The zero-order chi connectivity index (χ0) is 16.8. The highest BCUT2D eigenvalue weighted by Gasteiger charge is 2.20. The highest BCUT2D eigenvalue weighted by molar-refractivity contribution is 8.00. The number of hydrogen-bond donors (Lipinski definition) is 2. The molecule has 23 heavy (non-hydrogen) atoms. The quantitative estimate of drug-likeness (QED) is 0.800. The van der Waals surface area contributed by atoms with Crippen LogP contribution in [0.5, 0.6) is 5.75 Å². The summed E-state index contributed by atoms with van der Waals surface area (Å²) in [5, 5.41) is 12.0. The van der Waals surface area contributed by atoms with Crippen LogP contribution in [-0.2, 0) is 4.79 Å². The summed E-state index contributed by atoms with van der Waals surface area (Å²) in [6.45, 7) is 1.64. The van der Waals surface area contributed by atoms with Gasteiger partial charge in [0.05, 0.1) is 12.4 Å². The van der Waals surface area contributed by atoms with E-state index in [1.165, 1.54) is 7.05 Å². The van der Waals surface area contributed by atoms with Crippen molar-refractivity contribution in [2.24, 2.45) is 0 Å². The molecule has 0 aliphatic carbocycles. The van der Waals surface area contributed by atoms with E-state index < -0.39 is 17.2 Å². The van der Waals surface area contributed by atoms with Gasteiger partial charge in [-0.1, -0.05) is 11.8 Å². The van der Waals surface area contributed by atoms with E-state index in [0.29, 0.717) is 5.89 Å². The first-order chi connectivity index (χ1) is 11.0. The number of benzene rings is 1. The van der Waals surface area contributed by atoms with E-state index in [4.69, 9.17) is 9.15 Å². The SMILES string of the molecule is CNC(=O)NC(=O)[C@@H](C)Sc1nnc(-c2ccc(OC)cc2)o1.